The first-order valence-corrected chi connectivity index (χ1v) is 7.25. The molecule has 1 aromatic rings. The van der Waals surface area contributed by atoms with Gasteiger partial charge in [-0.1, -0.05) is 35.4 Å². The Morgan fingerprint density at radius 2 is 1.89 bits per heavy atom. The molecule has 19 heavy (non-hydrogen) atoms. The van der Waals surface area contributed by atoms with E-state index in [-0.39, 0.29) is 5.54 Å². The first kappa shape index (κ1) is 16.0. The van der Waals surface area contributed by atoms with Crippen molar-refractivity contribution >= 4 is 0 Å². The van der Waals surface area contributed by atoms with Crippen LogP contribution in [0.4, 0.5) is 0 Å². The van der Waals surface area contributed by atoms with E-state index in [1.165, 1.54) is 22.3 Å². The second-order valence-electron chi connectivity index (χ2n) is 6.62. The Morgan fingerprint density at radius 3 is 2.53 bits per heavy atom. The molecule has 0 aliphatic heterocycles. The minimum Gasteiger partial charge on any atom is -0.312 e. The standard InChI is InChI=1S/C18H29N/c1-14(8-7-11-19-18(4,5)6)12-17-13-15(2)9-10-16(17)3/h8-10,13,19H,7,11-12H2,1-6H3. The van der Waals surface area contributed by atoms with Crippen LogP contribution in [0.25, 0.3) is 0 Å². The molecule has 0 saturated heterocycles. The Balaban J connectivity index is 2.50. The minimum absolute atomic E-state index is 0.217. The Morgan fingerprint density at radius 1 is 1.21 bits per heavy atom. The highest BCUT2D eigenvalue weighted by Gasteiger charge is 2.06. The maximum absolute atomic E-state index is 3.52. The highest BCUT2D eigenvalue weighted by Crippen LogP contribution is 2.15. The summed E-state index contributed by atoms with van der Waals surface area (Å²) in [5.74, 6) is 0. The Hall–Kier alpha value is -1.08. The number of nitrogens with one attached hydrogen (secondary N) is 1. The maximum Gasteiger partial charge on any atom is 0.00966 e. The quantitative estimate of drug-likeness (QED) is 0.603. The average Bonchev–Trinajstić information content (AvgIpc) is 2.28. The Labute approximate surface area is 119 Å². The van der Waals surface area contributed by atoms with Gasteiger partial charge in [0.15, 0.2) is 0 Å². The van der Waals surface area contributed by atoms with E-state index in [1.54, 1.807) is 0 Å². The van der Waals surface area contributed by atoms with Gasteiger partial charge in [0.25, 0.3) is 0 Å². The van der Waals surface area contributed by atoms with Crippen LogP contribution in [-0.2, 0) is 6.42 Å². The molecule has 1 nitrogen and oxygen atoms in total. The van der Waals surface area contributed by atoms with Gasteiger partial charge in [0.1, 0.15) is 0 Å². The van der Waals surface area contributed by atoms with Crippen molar-refractivity contribution in [2.75, 3.05) is 6.54 Å². The molecule has 0 heterocycles. The van der Waals surface area contributed by atoms with Gasteiger partial charge in [-0.3, -0.25) is 0 Å². The molecule has 0 bridgehead atoms. The van der Waals surface area contributed by atoms with E-state index >= 15 is 0 Å². The zero-order valence-corrected chi connectivity index (χ0v) is 13.4. The third kappa shape index (κ3) is 6.58. The van der Waals surface area contributed by atoms with Crippen LogP contribution in [0.3, 0.4) is 0 Å². The molecule has 106 valence electrons. The number of hydrogen-bond donors (Lipinski definition) is 1. The van der Waals surface area contributed by atoms with Crippen molar-refractivity contribution < 1.29 is 0 Å². The number of hydrogen-bond acceptors (Lipinski definition) is 1. The van der Waals surface area contributed by atoms with Crippen molar-refractivity contribution in [3.8, 4) is 0 Å². The third-order valence-electron chi connectivity index (χ3n) is 3.27. The van der Waals surface area contributed by atoms with E-state index in [9.17, 15) is 0 Å². The summed E-state index contributed by atoms with van der Waals surface area (Å²) in [6.45, 7) is 14.3. The van der Waals surface area contributed by atoms with Crippen molar-refractivity contribution in [3.05, 3.63) is 46.5 Å². The van der Waals surface area contributed by atoms with Crippen molar-refractivity contribution in [1.29, 1.82) is 0 Å². The molecule has 1 N–H and O–H groups in total. The summed E-state index contributed by atoms with van der Waals surface area (Å²) < 4.78 is 0. The fourth-order valence-electron chi connectivity index (χ4n) is 2.13. The Bertz CT molecular complexity index is 435. The lowest BCUT2D eigenvalue weighted by atomic mass is 9.99. The normalized spacial score (nSPS) is 12.8. The van der Waals surface area contributed by atoms with Gasteiger partial charge in [-0.05, 0) is 72.1 Å². The zero-order chi connectivity index (χ0) is 14.5. The van der Waals surface area contributed by atoms with Gasteiger partial charge in [0.05, 0.1) is 0 Å². The molecule has 0 aliphatic rings. The van der Waals surface area contributed by atoms with Gasteiger partial charge in [-0.15, -0.1) is 0 Å². The first-order valence-electron chi connectivity index (χ1n) is 7.25. The van der Waals surface area contributed by atoms with Crippen LogP contribution < -0.4 is 5.32 Å². The highest BCUT2D eigenvalue weighted by molar-refractivity contribution is 5.33. The molecule has 0 aromatic heterocycles. The fraction of sp³-hybridized carbons (Fsp3) is 0.556. The summed E-state index contributed by atoms with van der Waals surface area (Å²) in [5, 5.41) is 3.52. The zero-order valence-electron chi connectivity index (χ0n) is 13.4. The second-order valence-corrected chi connectivity index (χ2v) is 6.62. The number of benzene rings is 1. The van der Waals surface area contributed by atoms with Gasteiger partial charge in [-0.2, -0.15) is 0 Å². The van der Waals surface area contributed by atoms with E-state index in [4.69, 9.17) is 0 Å². The number of allylic oxidation sites excluding steroid dienone is 1. The largest absolute Gasteiger partial charge is 0.312 e. The maximum atomic E-state index is 3.52. The summed E-state index contributed by atoms with van der Waals surface area (Å²) in [4.78, 5) is 0. The van der Waals surface area contributed by atoms with Gasteiger partial charge in [0.2, 0.25) is 0 Å². The van der Waals surface area contributed by atoms with Crippen LogP contribution in [-0.4, -0.2) is 12.1 Å². The van der Waals surface area contributed by atoms with Crippen LogP contribution in [0.5, 0.6) is 0 Å². The molecule has 0 aliphatic carbocycles. The predicted octanol–water partition coefficient (Wildman–Crippen LogP) is 4.57. The van der Waals surface area contributed by atoms with Gasteiger partial charge < -0.3 is 5.32 Å². The molecular formula is C18H29N. The van der Waals surface area contributed by atoms with Crippen molar-refractivity contribution in [2.45, 2.75) is 59.9 Å². The fourth-order valence-corrected chi connectivity index (χ4v) is 2.13. The number of rotatable bonds is 5. The summed E-state index contributed by atoms with van der Waals surface area (Å²) in [7, 11) is 0. The molecule has 0 radical (unpaired) electrons. The van der Waals surface area contributed by atoms with E-state index < -0.39 is 0 Å². The van der Waals surface area contributed by atoms with Gasteiger partial charge >= 0.3 is 0 Å². The summed E-state index contributed by atoms with van der Waals surface area (Å²) in [6, 6.07) is 6.71. The lowest BCUT2D eigenvalue weighted by molar-refractivity contribution is 0.431. The van der Waals surface area contributed by atoms with Gasteiger partial charge in [-0.25, -0.2) is 0 Å². The van der Waals surface area contributed by atoms with E-state index in [1.807, 2.05) is 0 Å². The monoisotopic (exact) mass is 259 g/mol. The van der Waals surface area contributed by atoms with E-state index in [0.717, 1.165) is 19.4 Å². The summed E-state index contributed by atoms with van der Waals surface area (Å²) in [6.07, 6.45) is 4.54. The molecular weight excluding hydrogens is 230 g/mol. The Kier molecular flexibility index (Phi) is 5.81. The summed E-state index contributed by atoms with van der Waals surface area (Å²) in [5.41, 5.74) is 5.88. The lowest BCUT2D eigenvalue weighted by Crippen LogP contribution is -2.36. The molecule has 0 fully saturated rings. The summed E-state index contributed by atoms with van der Waals surface area (Å²) >= 11 is 0. The molecule has 0 amide bonds. The molecule has 1 aromatic carbocycles. The van der Waals surface area contributed by atoms with Crippen LogP contribution in [0.15, 0.2) is 29.8 Å². The molecule has 0 unspecified atom stereocenters. The third-order valence-corrected chi connectivity index (χ3v) is 3.27. The minimum atomic E-state index is 0.217. The van der Waals surface area contributed by atoms with E-state index in [0.29, 0.717) is 0 Å². The second kappa shape index (κ2) is 6.91. The van der Waals surface area contributed by atoms with Crippen LogP contribution in [0, 0.1) is 13.8 Å². The van der Waals surface area contributed by atoms with Crippen molar-refractivity contribution in [3.63, 3.8) is 0 Å². The average molecular weight is 259 g/mol. The highest BCUT2D eigenvalue weighted by atomic mass is 14.9. The smallest absolute Gasteiger partial charge is 0.00966 e. The van der Waals surface area contributed by atoms with Crippen LogP contribution >= 0.6 is 0 Å². The topological polar surface area (TPSA) is 12.0 Å². The van der Waals surface area contributed by atoms with E-state index in [2.05, 4.69) is 71.1 Å². The van der Waals surface area contributed by atoms with Crippen LogP contribution in [0.1, 0.15) is 50.8 Å². The van der Waals surface area contributed by atoms with Crippen LogP contribution in [0.2, 0.25) is 0 Å². The van der Waals surface area contributed by atoms with Gasteiger partial charge in [0, 0.05) is 5.54 Å². The predicted molar refractivity (Wildman–Crippen MR) is 85.7 cm³/mol. The van der Waals surface area contributed by atoms with Crippen molar-refractivity contribution in [1.82, 2.24) is 5.32 Å². The number of aryl methyl sites for hydroxylation is 2. The molecule has 1 rings (SSSR count). The van der Waals surface area contributed by atoms with Crippen molar-refractivity contribution in [2.24, 2.45) is 0 Å². The molecule has 1 heteroatoms. The molecule has 0 atom stereocenters. The SMILES string of the molecule is CC(=CCCNC(C)(C)C)Cc1cc(C)ccc1C. The molecule has 0 saturated carbocycles. The lowest BCUT2D eigenvalue weighted by Gasteiger charge is -2.19. The molecule has 0 spiro atoms. The first-order chi connectivity index (χ1) is 8.78.